The molecule has 150 valence electrons. The molecular formula is C20H27N5OS2. The van der Waals surface area contributed by atoms with Crippen molar-refractivity contribution < 1.29 is 4.79 Å². The van der Waals surface area contributed by atoms with E-state index in [4.69, 9.17) is 12.2 Å². The number of carbonyl (C=O) groups excluding carboxylic acids is 1. The van der Waals surface area contributed by atoms with Gasteiger partial charge in [-0.25, -0.2) is 0 Å². The molecule has 2 aromatic rings. The summed E-state index contributed by atoms with van der Waals surface area (Å²) in [4.78, 5) is 17.7. The summed E-state index contributed by atoms with van der Waals surface area (Å²) >= 11 is 7.29. The number of H-pyrrole nitrogens is 1. The highest BCUT2D eigenvalue weighted by Crippen LogP contribution is 2.28. The molecular weight excluding hydrogens is 390 g/mol. The van der Waals surface area contributed by atoms with Gasteiger partial charge in [0.15, 0.2) is 10.6 Å². The Kier molecular flexibility index (Phi) is 5.89. The van der Waals surface area contributed by atoms with E-state index in [1.807, 2.05) is 45.5 Å². The van der Waals surface area contributed by atoms with Crippen LogP contribution in [0.5, 0.6) is 0 Å². The Bertz CT molecular complexity index is 885. The first kappa shape index (κ1) is 19.7. The molecule has 0 bridgehead atoms. The standard InChI is InChI=1S/C20H27N5OS2/c1-14-5-7-15(8-6-14)19-21-22-20(27)25(19)13-18(26)24-11-16(17(12-24)28-2)23-9-3-4-10-23/h5-8,16-17H,3-4,9-13H2,1-2H3,(H,22,27)/t16-,17+/m1/s1. The number of benzene rings is 1. The summed E-state index contributed by atoms with van der Waals surface area (Å²) in [7, 11) is 0. The van der Waals surface area contributed by atoms with Gasteiger partial charge in [-0.2, -0.15) is 16.9 Å². The maximum absolute atomic E-state index is 13.1. The van der Waals surface area contributed by atoms with Gasteiger partial charge in [0.25, 0.3) is 0 Å². The van der Waals surface area contributed by atoms with Crippen molar-refractivity contribution in [3.05, 3.63) is 34.6 Å². The minimum atomic E-state index is 0.117. The number of carbonyl (C=O) groups is 1. The van der Waals surface area contributed by atoms with Crippen LogP contribution in [-0.4, -0.2) is 74.2 Å². The van der Waals surface area contributed by atoms with Crippen molar-refractivity contribution in [2.75, 3.05) is 32.4 Å². The highest BCUT2D eigenvalue weighted by atomic mass is 32.2. The summed E-state index contributed by atoms with van der Waals surface area (Å²) in [5, 5.41) is 7.70. The summed E-state index contributed by atoms with van der Waals surface area (Å²) < 4.78 is 2.31. The van der Waals surface area contributed by atoms with E-state index in [0.717, 1.165) is 37.6 Å². The molecule has 2 atom stereocenters. The largest absolute Gasteiger partial charge is 0.338 e. The normalized spacial score (nSPS) is 22.9. The molecule has 2 fully saturated rings. The molecule has 2 aliphatic heterocycles. The van der Waals surface area contributed by atoms with E-state index in [2.05, 4.69) is 28.3 Å². The third-order valence-electron chi connectivity index (χ3n) is 5.86. The molecule has 0 unspecified atom stereocenters. The Labute approximate surface area is 175 Å². The third kappa shape index (κ3) is 3.90. The lowest BCUT2D eigenvalue weighted by atomic mass is 10.1. The zero-order valence-electron chi connectivity index (χ0n) is 16.4. The van der Waals surface area contributed by atoms with Crippen LogP contribution in [0.4, 0.5) is 0 Å². The van der Waals surface area contributed by atoms with E-state index in [1.54, 1.807) is 0 Å². The van der Waals surface area contributed by atoms with Crippen LogP contribution in [0.25, 0.3) is 11.4 Å². The van der Waals surface area contributed by atoms with Gasteiger partial charge in [-0.15, -0.1) is 0 Å². The molecule has 1 N–H and O–H groups in total. The number of aromatic amines is 1. The van der Waals surface area contributed by atoms with Gasteiger partial charge in [0, 0.05) is 29.9 Å². The molecule has 28 heavy (non-hydrogen) atoms. The van der Waals surface area contributed by atoms with Crippen molar-refractivity contribution in [1.82, 2.24) is 24.6 Å². The molecule has 0 saturated carbocycles. The van der Waals surface area contributed by atoms with Gasteiger partial charge in [0.05, 0.1) is 0 Å². The zero-order chi connectivity index (χ0) is 19.7. The number of nitrogens with zero attached hydrogens (tertiary/aromatic N) is 4. The first-order valence-electron chi connectivity index (χ1n) is 9.83. The first-order valence-corrected chi connectivity index (χ1v) is 11.5. The second-order valence-electron chi connectivity index (χ2n) is 7.69. The number of hydrogen-bond donors (Lipinski definition) is 1. The molecule has 6 nitrogen and oxygen atoms in total. The average molecular weight is 418 g/mol. The highest BCUT2D eigenvalue weighted by Gasteiger charge is 2.39. The van der Waals surface area contributed by atoms with Crippen LogP contribution in [0.3, 0.4) is 0 Å². The number of hydrogen-bond acceptors (Lipinski definition) is 5. The van der Waals surface area contributed by atoms with E-state index in [1.165, 1.54) is 18.4 Å². The fourth-order valence-corrected chi connectivity index (χ4v) is 5.34. The summed E-state index contributed by atoms with van der Waals surface area (Å²) in [6, 6.07) is 8.59. The summed E-state index contributed by atoms with van der Waals surface area (Å²) in [6.45, 7) is 6.23. The van der Waals surface area contributed by atoms with Crippen LogP contribution in [0.1, 0.15) is 18.4 Å². The average Bonchev–Trinajstić information content (AvgIpc) is 3.43. The van der Waals surface area contributed by atoms with Gasteiger partial charge < -0.3 is 4.90 Å². The maximum atomic E-state index is 13.1. The molecule has 1 aromatic carbocycles. The Morgan fingerprint density at radius 3 is 2.64 bits per heavy atom. The van der Waals surface area contributed by atoms with Gasteiger partial charge in [0.1, 0.15) is 6.54 Å². The van der Waals surface area contributed by atoms with E-state index in [-0.39, 0.29) is 12.5 Å². The maximum Gasteiger partial charge on any atom is 0.242 e. The van der Waals surface area contributed by atoms with Crippen LogP contribution in [0, 0.1) is 11.7 Å². The topological polar surface area (TPSA) is 57.2 Å². The van der Waals surface area contributed by atoms with Gasteiger partial charge in [0.2, 0.25) is 5.91 Å². The van der Waals surface area contributed by atoms with Crippen LogP contribution < -0.4 is 0 Å². The van der Waals surface area contributed by atoms with Crippen molar-refractivity contribution in [3.8, 4) is 11.4 Å². The van der Waals surface area contributed by atoms with Gasteiger partial charge in [-0.3, -0.25) is 19.4 Å². The van der Waals surface area contributed by atoms with Gasteiger partial charge in [-0.1, -0.05) is 29.8 Å². The van der Waals surface area contributed by atoms with Crippen molar-refractivity contribution in [2.24, 2.45) is 0 Å². The van der Waals surface area contributed by atoms with Crippen LogP contribution in [0.2, 0.25) is 0 Å². The van der Waals surface area contributed by atoms with Crippen molar-refractivity contribution in [3.63, 3.8) is 0 Å². The molecule has 3 heterocycles. The second-order valence-corrected chi connectivity index (χ2v) is 9.15. The smallest absolute Gasteiger partial charge is 0.242 e. The Morgan fingerprint density at radius 1 is 1.25 bits per heavy atom. The lowest BCUT2D eigenvalue weighted by molar-refractivity contribution is -0.130. The number of aryl methyl sites for hydroxylation is 1. The minimum absolute atomic E-state index is 0.117. The minimum Gasteiger partial charge on any atom is -0.338 e. The van der Waals surface area contributed by atoms with E-state index >= 15 is 0 Å². The lowest BCUT2D eigenvalue weighted by Gasteiger charge is -2.27. The molecule has 0 radical (unpaired) electrons. The van der Waals surface area contributed by atoms with E-state index in [9.17, 15) is 4.79 Å². The molecule has 1 aromatic heterocycles. The number of thioether (sulfide) groups is 1. The van der Waals surface area contributed by atoms with E-state index < -0.39 is 0 Å². The summed E-state index contributed by atoms with van der Waals surface area (Å²) in [6.07, 6.45) is 4.70. The summed E-state index contributed by atoms with van der Waals surface area (Å²) in [5.41, 5.74) is 2.15. The van der Waals surface area contributed by atoms with Crippen LogP contribution in [0.15, 0.2) is 24.3 Å². The Balaban J connectivity index is 1.50. The number of aromatic nitrogens is 3. The number of nitrogens with one attached hydrogen (secondary N) is 1. The number of amides is 1. The summed E-state index contributed by atoms with van der Waals surface area (Å²) in [5.74, 6) is 0.835. The predicted octanol–water partition coefficient (Wildman–Crippen LogP) is 2.95. The lowest BCUT2D eigenvalue weighted by Crippen LogP contribution is -2.40. The van der Waals surface area contributed by atoms with Crippen LogP contribution in [-0.2, 0) is 11.3 Å². The van der Waals surface area contributed by atoms with Crippen molar-refractivity contribution in [2.45, 2.75) is 37.6 Å². The second kappa shape index (κ2) is 8.39. The third-order valence-corrected chi connectivity index (χ3v) is 7.24. The van der Waals surface area contributed by atoms with Crippen LogP contribution >= 0.6 is 24.0 Å². The highest BCUT2D eigenvalue weighted by molar-refractivity contribution is 7.99. The molecule has 0 spiro atoms. The fourth-order valence-electron chi connectivity index (χ4n) is 4.24. The predicted molar refractivity (Wildman–Crippen MR) is 116 cm³/mol. The number of rotatable bonds is 5. The number of likely N-dealkylation sites (tertiary alicyclic amines) is 2. The quantitative estimate of drug-likeness (QED) is 0.758. The molecule has 8 heteroatoms. The van der Waals surface area contributed by atoms with E-state index in [0.29, 0.717) is 16.1 Å². The fraction of sp³-hybridized carbons (Fsp3) is 0.550. The van der Waals surface area contributed by atoms with Crippen molar-refractivity contribution >= 4 is 29.9 Å². The molecule has 0 aliphatic carbocycles. The molecule has 1 amide bonds. The zero-order valence-corrected chi connectivity index (χ0v) is 18.1. The molecule has 2 saturated heterocycles. The SMILES string of the molecule is CS[C@H]1CN(C(=O)Cn2c(-c3ccc(C)cc3)n[nH]c2=S)C[C@H]1N1CCCC1. The molecule has 2 aliphatic rings. The molecule has 4 rings (SSSR count). The monoisotopic (exact) mass is 417 g/mol. The van der Waals surface area contributed by atoms with Gasteiger partial charge in [-0.05, 0) is 51.3 Å². The Hall–Kier alpha value is -1.64. The first-order chi connectivity index (χ1) is 13.6. The van der Waals surface area contributed by atoms with Gasteiger partial charge >= 0.3 is 0 Å². The van der Waals surface area contributed by atoms with Crippen molar-refractivity contribution in [1.29, 1.82) is 0 Å². The Morgan fingerprint density at radius 2 is 1.96 bits per heavy atom.